The Labute approximate surface area is 144 Å². The highest BCUT2D eigenvalue weighted by atomic mass is 16.5. The predicted molar refractivity (Wildman–Crippen MR) is 92.6 cm³/mol. The molecule has 1 aromatic carbocycles. The van der Waals surface area contributed by atoms with Crippen LogP contribution in [0.25, 0.3) is 0 Å². The zero-order chi connectivity index (χ0) is 18.1. The zero-order valence-corrected chi connectivity index (χ0v) is 15.1. The summed E-state index contributed by atoms with van der Waals surface area (Å²) in [4.78, 5) is 23.9. The molecule has 0 amide bonds. The van der Waals surface area contributed by atoms with E-state index in [0.717, 1.165) is 19.3 Å². The van der Waals surface area contributed by atoms with E-state index in [4.69, 9.17) is 9.47 Å². The van der Waals surface area contributed by atoms with E-state index in [1.165, 1.54) is 33.5 Å². The standard InChI is InChI=1S/C19H28O5/c1-5-6-7-8-9-10-11-14-12-15(18(21)23-3)13(2)16(17(14)20)19(22)24-4/h12,20H,5-11H2,1-4H3. The number of hydrogen-bond donors (Lipinski definition) is 1. The van der Waals surface area contributed by atoms with Crippen LogP contribution in [0.3, 0.4) is 0 Å². The van der Waals surface area contributed by atoms with Crippen LogP contribution in [-0.2, 0) is 15.9 Å². The Balaban J connectivity index is 3.02. The van der Waals surface area contributed by atoms with Crippen molar-refractivity contribution in [3.05, 3.63) is 28.3 Å². The van der Waals surface area contributed by atoms with Gasteiger partial charge in [-0.3, -0.25) is 0 Å². The monoisotopic (exact) mass is 336 g/mol. The minimum atomic E-state index is -0.653. The summed E-state index contributed by atoms with van der Waals surface area (Å²) in [5, 5.41) is 10.4. The summed E-state index contributed by atoms with van der Waals surface area (Å²) in [5.74, 6) is -1.28. The van der Waals surface area contributed by atoms with Gasteiger partial charge in [0, 0.05) is 0 Å². The van der Waals surface area contributed by atoms with Gasteiger partial charge in [0.05, 0.1) is 19.8 Å². The van der Waals surface area contributed by atoms with Gasteiger partial charge in [0.15, 0.2) is 0 Å². The van der Waals surface area contributed by atoms with Crippen LogP contribution in [0, 0.1) is 6.92 Å². The van der Waals surface area contributed by atoms with E-state index in [-0.39, 0.29) is 16.9 Å². The van der Waals surface area contributed by atoms with Crippen LogP contribution in [0.1, 0.15) is 77.3 Å². The van der Waals surface area contributed by atoms with Crippen molar-refractivity contribution in [2.24, 2.45) is 0 Å². The first-order valence-electron chi connectivity index (χ1n) is 8.49. The first-order chi connectivity index (χ1) is 11.5. The highest BCUT2D eigenvalue weighted by Gasteiger charge is 2.24. The normalized spacial score (nSPS) is 10.5. The van der Waals surface area contributed by atoms with Gasteiger partial charge < -0.3 is 14.6 Å². The molecule has 1 rings (SSSR count). The molecule has 0 bridgehead atoms. The summed E-state index contributed by atoms with van der Waals surface area (Å²) in [6.07, 6.45) is 7.33. The summed E-state index contributed by atoms with van der Waals surface area (Å²) < 4.78 is 9.52. The molecule has 0 aromatic heterocycles. The number of carbonyl (C=O) groups is 2. The molecule has 0 heterocycles. The van der Waals surface area contributed by atoms with Crippen molar-refractivity contribution in [3.63, 3.8) is 0 Å². The molecule has 0 spiro atoms. The van der Waals surface area contributed by atoms with E-state index in [0.29, 0.717) is 17.5 Å². The second-order valence-electron chi connectivity index (χ2n) is 5.93. The minimum Gasteiger partial charge on any atom is -0.507 e. The van der Waals surface area contributed by atoms with Crippen molar-refractivity contribution in [1.82, 2.24) is 0 Å². The van der Waals surface area contributed by atoms with Gasteiger partial charge in [-0.15, -0.1) is 0 Å². The number of esters is 2. The van der Waals surface area contributed by atoms with Crippen LogP contribution in [0.15, 0.2) is 6.07 Å². The van der Waals surface area contributed by atoms with E-state index in [1.807, 2.05) is 0 Å². The smallest absolute Gasteiger partial charge is 0.341 e. The van der Waals surface area contributed by atoms with Crippen molar-refractivity contribution in [3.8, 4) is 5.75 Å². The van der Waals surface area contributed by atoms with Gasteiger partial charge in [-0.25, -0.2) is 9.59 Å². The molecule has 24 heavy (non-hydrogen) atoms. The number of unbranched alkanes of at least 4 members (excludes halogenated alkanes) is 5. The van der Waals surface area contributed by atoms with E-state index in [2.05, 4.69) is 6.92 Å². The number of phenolic OH excluding ortho intramolecular Hbond substituents is 1. The summed E-state index contributed by atoms with van der Waals surface area (Å²) in [6.45, 7) is 3.78. The molecule has 0 saturated heterocycles. The van der Waals surface area contributed by atoms with Crippen molar-refractivity contribution in [2.75, 3.05) is 14.2 Å². The fraction of sp³-hybridized carbons (Fsp3) is 0.579. The van der Waals surface area contributed by atoms with Gasteiger partial charge in [0.2, 0.25) is 0 Å². The largest absolute Gasteiger partial charge is 0.507 e. The van der Waals surface area contributed by atoms with Gasteiger partial charge in [-0.05, 0) is 37.0 Å². The lowest BCUT2D eigenvalue weighted by Gasteiger charge is -2.15. The quantitative estimate of drug-likeness (QED) is 0.541. The Morgan fingerprint density at radius 3 is 2.17 bits per heavy atom. The summed E-state index contributed by atoms with van der Waals surface area (Å²) >= 11 is 0. The number of carbonyl (C=O) groups excluding carboxylic acids is 2. The fourth-order valence-corrected chi connectivity index (χ4v) is 2.78. The maximum atomic E-state index is 12.0. The molecule has 0 fully saturated rings. The number of methoxy groups -OCH3 is 2. The fourth-order valence-electron chi connectivity index (χ4n) is 2.78. The van der Waals surface area contributed by atoms with Crippen molar-refractivity contribution in [1.29, 1.82) is 0 Å². The van der Waals surface area contributed by atoms with Gasteiger partial charge >= 0.3 is 11.9 Å². The third kappa shape index (κ3) is 4.98. The summed E-state index contributed by atoms with van der Waals surface area (Å²) in [7, 11) is 2.54. The van der Waals surface area contributed by atoms with Crippen LogP contribution in [0.5, 0.6) is 5.75 Å². The Bertz CT molecular complexity index is 578. The first-order valence-corrected chi connectivity index (χ1v) is 8.49. The van der Waals surface area contributed by atoms with Crippen LogP contribution in [0.4, 0.5) is 0 Å². The number of hydrogen-bond acceptors (Lipinski definition) is 5. The van der Waals surface area contributed by atoms with Gasteiger partial charge in [-0.2, -0.15) is 0 Å². The van der Waals surface area contributed by atoms with E-state index in [1.54, 1.807) is 13.0 Å². The van der Waals surface area contributed by atoms with Gasteiger partial charge in [0.25, 0.3) is 0 Å². The van der Waals surface area contributed by atoms with E-state index in [9.17, 15) is 14.7 Å². The molecule has 0 unspecified atom stereocenters. The molecule has 0 atom stereocenters. The Kier molecular flexibility index (Phi) is 8.30. The predicted octanol–water partition coefficient (Wildman–Crippen LogP) is 4.18. The van der Waals surface area contributed by atoms with Crippen LogP contribution in [0.2, 0.25) is 0 Å². The molecular weight excluding hydrogens is 308 g/mol. The molecular formula is C19H28O5. The van der Waals surface area contributed by atoms with E-state index >= 15 is 0 Å². The van der Waals surface area contributed by atoms with Crippen LogP contribution < -0.4 is 0 Å². The van der Waals surface area contributed by atoms with Crippen molar-refractivity contribution >= 4 is 11.9 Å². The third-order valence-corrected chi connectivity index (χ3v) is 4.23. The topological polar surface area (TPSA) is 72.8 Å². The number of rotatable bonds is 9. The lowest BCUT2D eigenvalue weighted by atomic mass is 9.94. The SMILES string of the molecule is CCCCCCCCc1cc(C(=O)OC)c(C)c(C(=O)OC)c1O. The first kappa shape index (κ1) is 20.0. The molecule has 5 heteroatoms. The second kappa shape index (κ2) is 9.96. The number of benzene rings is 1. The summed E-state index contributed by atoms with van der Waals surface area (Å²) in [6, 6.07) is 1.62. The molecule has 0 radical (unpaired) electrons. The number of aromatic hydroxyl groups is 1. The highest BCUT2D eigenvalue weighted by molar-refractivity contribution is 6.00. The summed E-state index contributed by atoms with van der Waals surface area (Å²) in [5.41, 5.74) is 1.29. The highest BCUT2D eigenvalue weighted by Crippen LogP contribution is 2.31. The lowest BCUT2D eigenvalue weighted by molar-refractivity contribution is 0.0595. The molecule has 0 saturated carbocycles. The third-order valence-electron chi connectivity index (χ3n) is 4.23. The molecule has 5 nitrogen and oxygen atoms in total. The van der Waals surface area contributed by atoms with Crippen LogP contribution >= 0.6 is 0 Å². The molecule has 0 aliphatic carbocycles. The van der Waals surface area contributed by atoms with Crippen molar-refractivity contribution in [2.45, 2.75) is 58.8 Å². The minimum absolute atomic E-state index is 0.0429. The molecule has 1 aromatic rings. The van der Waals surface area contributed by atoms with Crippen molar-refractivity contribution < 1.29 is 24.2 Å². The number of phenols is 1. The maximum absolute atomic E-state index is 12.0. The molecule has 0 aliphatic heterocycles. The Morgan fingerprint density at radius 1 is 1.00 bits per heavy atom. The molecule has 1 N–H and O–H groups in total. The van der Waals surface area contributed by atoms with E-state index < -0.39 is 11.9 Å². The zero-order valence-electron chi connectivity index (χ0n) is 15.1. The number of ether oxygens (including phenoxy) is 2. The maximum Gasteiger partial charge on any atom is 0.341 e. The average molecular weight is 336 g/mol. The van der Waals surface area contributed by atoms with Crippen LogP contribution in [-0.4, -0.2) is 31.3 Å². The average Bonchev–Trinajstić information content (AvgIpc) is 2.58. The van der Waals surface area contributed by atoms with Gasteiger partial charge in [0.1, 0.15) is 11.3 Å². The second-order valence-corrected chi connectivity index (χ2v) is 5.93. The number of aryl methyl sites for hydroxylation is 1. The lowest BCUT2D eigenvalue weighted by Crippen LogP contribution is -2.12. The Morgan fingerprint density at radius 2 is 1.58 bits per heavy atom. The molecule has 0 aliphatic rings. The van der Waals surface area contributed by atoms with Gasteiger partial charge in [-0.1, -0.05) is 39.0 Å². The molecule has 134 valence electrons. The Hall–Kier alpha value is -2.04.